The summed E-state index contributed by atoms with van der Waals surface area (Å²) in [7, 11) is -1.54. The largest absolute Gasteiger partial charge is 0.497 e. The highest BCUT2D eigenvalue weighted by atomic mass is 16.7. The Bertz CT molecular complexity index is 1260. The standard InChI is InChI=1S/C29H39NO9/c1-27(2,33)8-5-10-29(34,16-23(31)36-4)26(32)39-25-22(35-3)15-28-9-6-11-30(28)12-7-18-13-20-21(38-17-37-20)14-19(18)24(25)28/h13-15,24-25,33-34H,5-12,16-17H2,1-4H3/t24-,25?,28?,29-/m1/s1/i4D3. The van der Waals surface area contributed by atoms with Gasteiger partial charge in [-0.2, -0.15) is 0 Å². The van der Waals surface area contributed by atoms with Crippen molar-refractivity contribution in [2.24, 2.45) is 0 Å². The van der Waals surface area contributed by atoms with Gasteiger partial charge in [-0.1, -0.05) is 0 Å². The first kappa shape index (κ1) is 24.0. The van der Waals surface area contributed by atoms with Gasteiger partial charge in [-0.25, -0.2) is 4.79 Å². The molecule has 4 aliphatic rings. The molecule has 1 aliphatic carbocycles. The molecule has 5 rings (SSSR count). The molecule has 0 saturated carbocycles. The van der Waals surface area contributed by atoms with Crippen molar-refractivity contribution in [2.75, 3.05) is 34.0 Å². The fourth-order valence-electron chi connectivity index (χ4n) is 6.67. The van der Waals surface area contributed by atoms with Gasteiger partial charge in [0.1, 0.15) is 5.76 Å². The average molecular weight is 549 g/mol. The number of nitrogens with zero attached hydrogens (tertiary/aromatic N) is 1. The van der Waals surface area contributed by atoms with Crippen molar-refractivity contribution < 1.29 is 47.6 Å². The van der Waals surface area contributed by atoms with Crippen LogP contribution in [0.5, 0.6) is 11.5 Å². The van der Waals surface area contributed by atoms with Crippen molar-refractivity contribution in [2.45, 2.75) is 87.6 Å². The summed E-state index contributed by atoms with van der Waals surface area (Å²) in [4.78, 5) is 28.8. The van der Waals surface area contributed by atoms with Crippen LogP contribution < -0.4 is 9.47 Å². The van der Waals surface area contributed by atoms with Gasteiger partial charge in [-0.05, 0) is 88.3 Å². The summed E-state index contributed by atoms with van der Waals surface area (Å²) in [5.41, 5.74) is -2.03. The third-order valence-electron chi connectivity index (χ3n) is 8.51. The van der Waals surface area contributed by atoms with Crippen molar-refractivity contribution >= 4 is 11.9 Å². The number of ether oxygens (including phenoxy) is 5. The van der Waals surface area contributed by atoms with Gasteiger partial charge in [0.05, 0.1) is 41.7 Å². The van der Waals surface area contributed by atoms with Crippen LogP contribution in [0.4, 0.5) is 0 Å². The van der Waals surface area contributed by atoms with E-state index in [2.05, 4.69) is 9.64 Å². The van der Waals surface area contributed by atoms with Crippen LogP contribution in [0.2, 0.25) is 0 Å². The summed E-state index contributed by atoms with van der Waals surface area (Å²) in [5.74, 6) is -1.08. The van der Waals surface area contributed by atoms with Crippen LogP contribution >= 0.6 is 0 Å². The van der Waals surface area contributed by atoms with E-state index in [0.717, 1.165) is 43.5 Å². The minimum Gasteiger partial charge on any atom is -0.497 e. The molecule has 3 heterocycles. The number of hydrogen-bond acceptors (Lipinski definition) is 10. The Morgan fingerprint density at radius 3 is 2.69 bits per heavy atom. The Morgan fingerprint density at radius 1 is 1.21 bits per heavy atom. The predicted octanol–water partition coefficient (Wildman–Crippen LogP) is 2.58. The maximum absolute atomic E-state index is 13.9. The van der Waals surface area contributed by atoms with Crippen LogP contribution in [-0.4, -0.2) is 83.9 Å². The van der Waals surface area contributed by atoms with Crippen molar-refractivity contribution in [1.82, 2.24) is 4.90 Å². The van der Waals surface area contributed by atoms with Crippen molar-refractivity contribution in [3.8, 4) is 11.5 Å². The van der Waals surface area contributed by atoms with Gasteiger partial charge in [0, 0.05) is 6.54 Å². The Hall–Kier alpha value is -2.82. The molecule has 1 aromatic rings. The maximum atomic E-state index is 13.9. The molecule has 39 heavy (non-hydrogen) atoms. The van der Waals surface area contributed by atoms with E-state index in [4.69, 9.17) is 23.1 Å². The van der Waals surface area contributed by atoms with Crippen molar-refractivity contribution in [3.05, 3.63) is 35.1 Å². The van der Waals surface area contributed by atoms with Gasteiger partial charge in [0.2, 0.25) is 6.79 Å². The molecule has 0 bridgehead atoms. The number of methoxy groups -OCH3 is 2. The third kappa shape index (κ3) is 5.10. The molecule has 10 nitrogen and oxygen atoms in total. The molecule has 1 fully saturated rings. The van der Waals surface area contributed by atoms with Crippen LogP contribution in [0.1, 0.15) is 73.5 Å². The number of benzene rings is 1. The van der Waals surface area contributed by atoms with E-state index in [1.54, 1.807) is 13.8 Å². The van der Waals surface area contributed by atoms with E-state index in [1.807, 2.05) is 18.2 Å². The molecule has 3 aliphatic heterocycles. The van der Waals surface area contributed by atoms with Crippen molar-refractivity contribution in [1.29, 1.82) is 0 Å². The zero-order chi connectivity index (χ0) is 30.5. The number of hydrogen-bond donors (Lipinski definition) is 2. The molecule has 0 amide bonds. The second-order valence-corrected chi connectivity index (χ2v) is 11.6. The Morgan fingerprint density at radius 2 is 1.97 bits per heavy atom. The molecule has 2 unspecified atom stereocenters. The van der Waals surface area contributed by atoms with E-state index in [-0.39, 0.29) is 26.1 Å². The SMILES string of the molecule is [2H]C([2H])([2H])OC(=O)C[C@](O)(CCCC(C)(C)O)C(=O)OC1C(OC)=CC23CCCN2CCc2cc4c(cc2[C@H]13)OCO4. The van der Waals surface area contributed by atoms with Gasteiger partial charge in [0.15, 0.2) is 23.2 Å². The third-order valence-corrected chi connectivity index (χ3v) is 8.51. The minimum atomic E-state index is -3.04. The second kappa shape index (κ2) is 10.3. The summed E-state index contributed by atoms with van der Waals surface area (Å²) < 4.78 is 49.4. The zero-order valence-electron chi connectivity index (χ0n) is 25.7. The molecule has 1 spiro atoms. The highest BCUT2D eigenvalue weighted by molar-refractivity contribution is 5.86. The molecule has 4 atom stereocenters. The first-order valence-electron chi connectivity index (χ1n) is 15.0. The van der Waals surface area contributed by atoms with Gasteiger partial charge in [0.25, 0.3) is 0 Å². The lowest BCUT2D eigenvalue weighted by Gasteiger charge is -2.39. The maximum Gasteiger partial charge on any atom is 0.339 e. The Balaban J connectivity index is 1.49. The second-order valence-electron chi connectivity index (χ2n) is 11.6. The highest BCUT2D eigenvalue weighted by Gasteiger charge is 2.59. The van der Waals surface area contributed by atoms with E-state index < -0.39 is 54.2 Å². The fraction of sp³-hybridized carbons (Fsp3) is 0.655. The molecule has 0 aromatic heterocycles. The fourth-order valence-corrected chi connectivity index (χ4v) is 6.67. The van der Waals surface area contributed by atoms with Gasteiger partial charge < -0.3 is 33.9 Å². The monoisotopic (exact) mass is 548 g/mol. The van der Waals surface area contributed by atoms with Gasteiger partial charge in [-0.3, -0.25) is 9.69 Å². The predicted molar refractivity (Wildman–Crippen MR) is 139 cm³/mol. The molecule has 2 N–H and O–H groups in total. The highest BCUT2D eigenvalue weighted by Crippen LogP contribution is 2.55. The summed E-state index contributed by atoms with van der Waals surface area (Å²) in [6, 6.07) is 3.90. The lowest BCUT2D eigenvalue weighted by molar-refractivity contribution is -0.178. The zero-order valence-corrected chi connectivity index (χ0v) is 22.7. The lowest BCUT2D eigenvalue weighted by atomic mass is 9.77. The number of rotatable bonds is 9. The van der Waals surface area contributed by atoms with E-state index in [1.165, 1.54) is 7.11 Å². The number of fused-ring (bicyclic) bond motifs is 3. The molecule has 214 valence electrons. The molecular weight excluding hydrogens is 506 g/mol. The topological polar surface area (TPSA) is 124 Å². The summed E-state index contributed by atoms with van der Waals surface area (Å²) in [6.07, 6.45) is 2.74. The summed E-state index contributed by atoms with van der Waals surface area (Å²) in [5, 5.41) is 21.7. The minimum absolute atomic E-state index is 0.115. The first-order chi connectivity index (χ1) is 19.6. The van der Waals surface area contributed by atoms with Crippen LogP contribution in [-0.2, 0) is 30.2 Å². The molecule has 1 aromatic carbocycles. The number of carbonyl (C=O) groups is 2. The normalized spacial score (nSPS) is 28.4. The van der Waals surface area contributed by atoms with Crippen molar-refractivity contribution in [3.63, 3.8) is 0 Å². The number of esters is 2. The van der Waals surface area contributed by atoms with E-state index in [0.29, 0.717) is 17.3 Å². The quantitative estimate of drug-likeness (QED) is 0.445. The molecular formula is C29H39NO9. The van der Waals surface area contributed by atoms with Gasteiger partial charge >= 0.3 is 11.9 Å². The van der Waals surface area contributed by atoms with Crippen LogP contribution in [0.3, 0.4) is 0 Å². The lowest BCUT2D eigenvalue weighted by Crippen LogP contribution is -2.49. The van der Waals surface area contributed by atoms with Crippen LogP contribution in [0.25, 0.3) is 0 Å². The number of carbonyl (C=O) groups excluding carboxylic acids is 2. The summed E-state index contributed by atoms with van der Waals surface area (Å²) >= 11 is 0. The Kier molecular flexibility index (Phi) is 6.34. The average Bonchev–Trinajstić information content (AvgIpc) is 3.55. The molecule has 1 saturated heterocycles. The van der Waals surface area contributed by atoms with E-state index >= 15 is 0 Å². The molecule has 0 radical (unpaired) electrons. The number of aliphatic hydroxyl groups is 2. The molecule has 10 heteroatoms. The van der Waals surface area contributed by atoms with Crippen LogP contribution in [0, 0.1) is 0 Å². The first-order valence-corrected chi connectivity index (χ1v) is 13.5. The Labute approximate surface area is 233 Å². The van der Waals surface area contributed by atoms with E-state index in [9.17, 15) is 19.8 Å². The van der Waals surface area contributed by atoms with Crippen LogP contribution in [0.15, 0.2) is 24.0 Å². The smallest absolute Gasteiger partial charge is 0.339 e. The summed E-state index contributed by atoms with van der Waals surface area (Å²) in [6.45, 7) is 4.92. The van der Waals surface area contributed by atoms with Gasteiger partial charge in [-0.15, -0.1) is 0 Å².